The highest BCUT2D eigenvalue weighted by molar-refractivity contribution is 8.27. The van der Waals surface area contributed by atoms with Gasteiger partial charge in [-0.1, -0.05) is 78.6 Å². The van der Waals surface area contributed by atoms with Crippen molar-refractivity contribution < 1.29 is 22.7 Å². The van der Waals surface area contributed by atoms with Crippen LogP contribution in [0.25, 0.3) is 6.08 Å². The van der Waals surface area contributed by atoms with E-state index in [2.05, 4.69) is 0 Å². The third-order valence-corrected chi connectivity index (χ3v) is 5.97. The summed E-state index contributed by atoms with van der Waals surface area (Å²) in [4.78, 5) is 14.4. The van der Waals surface area contributed by atoms with Crippen molar-refractivity contribution in [3.8, 4) is 5.75 Å². The Bertz CT molecular complexity index is 1190. The molecule has 1 saturated heterocycles. The van der Waals surface area contributed by atoms with Crippen LogP contribution in [0.4, 0.5) is 18.9 Å². The Balaban J connectivity index is 1.59. The van der Waals surface area contributed by atoms with Gasteiger partial charge in [-0.05, 0) is 35.9 Å². The van der Waals surface area contributed by atoms with Crippen LogP contribution in [0.3, 0.4) is 0 Å². The number of carbonyl (C=O) groups excluding carboxylic acids is 1. The summed E-state index contributed by atoms with van der Waals surface area (Å²) in [5.41, 5.74) is 0.915. The molecule has 3 aromatic carbocycles. The molecule has 8 heteroatoms. The highest BCUT2D eigenvalue weighted by Crippen LogP contribution is 2.39. The average molecular weight is 472 g/mol. The minimum absolute atomic E-state index is 0.0827. The van der Waals surface area contributed by atoms with E-state index in [1.807, 2.05) is 42.5 Å². The number of amides is 1. The Kier molecular flexibility index (Phi) is 6.34. The van der Waals surface area contributed by atoms with Crippen LogP contribution in [0.1, 0.15) is 16.7 Å². The summed E-state index contributed by atoms with van der Waals surface area (Å²) in [5.74, 6) is 0.109. The summed E-state index contributed by atoms with van der Waals surface area (Å²) in [5, 5.41) is 0. The van der Waals surface area contributed by atoms with Crippen molar-refractivity contribution in [2.45, 2.75) is 12.8 Å². The van der Waals surface area contributed by atoms with Crippen LogP contribution < -0.4 is 9.64 Å². The zero-order chi connectivity index (χ0) is 22.7. The van der Waals surface area contributed by atoms with Crippen LogP contribution in [0, 0.1) is 0 Å². The quantitative estimate of drug-likeness (QED) is 0.306. The van der Waals surface area contributed by atoms with E-state index < -0.39 is 17.6 Å². The van der Waals surface area contributed by atoms with Crippen molar-refractivity contribution in [3.63, 3.8) is 0 Å². The molecule has 1 aliphatic heterocycles. The van der Waals surface area contributed by atoms with Crippen molar-refractivity contribution in [1.82, 2.24) is 0 Å². The Labute approximate surface area is 192 Å². The zero-order valence-corrected chi connectivity index (χ0v) is 18.1. The maximum atomic E-state index is 13.1. The van der Waals surface area contributed by atoms with Gasteiger partial charge in [0.15, 0.2) is 4.32 Å². The number of benzene rings is 3. The number of nitrogens with zero attached hydrogens (tertiary/aromatic N) is 1. The van der Waals surface area contributed by atoms with Gasteiger partial charge in [0.1, 0.15) is 12.4 Å². The van der Waals surface area contributed by atoms with Gasteiger partial charge in [-0.2, -0.15) is 13.2 Å². The number of halogens is 3. The smallest absolute Gasteiger partial charge is 0.416 e. The predicted molar refractivity (Wildman–Crippen MR) is 124 cm³/mol. The van der Waals surface area contributed by atoms with E-state index in [0.717, 1.165) is 34.4 Å². The second-order valence-corrected chi connectivity index (χ2v) is 8.55. The van der Waals surface area contributed by atoms with Gasteiger partial charge in [0.05, 0.1) is 16.2 Å². The molecule has 1 fully saturated rings. The molecular weight excluding hydrogens is 455 g/mol. The van der Waals surface area contributed by atoms with E-state index in [4.69, 9.17) is 17.0 Å². The molecule has 4 rings (SSSR count). The molecule has 3 nitrogen and oxygen atoms in total. The molecule has 0 saturated carbocycles. The molecule has 0 unspecified atom stereocenters. The molecule has 1 heterocycles. The molecule has 0 atom stereocenters. The molecule has 1 amide bonds. The number of thioether (sulfide) groups is 1. The fraction of sp³-hybridized carbons (Fsp3) is 0.0833. The fourth-order valence-electron chi connectivity index (χ4n) is 3.12. The summed E-state index contributed by atoms with van der Waals surface area (Å²) in [6.07, 6.45) is -2.87. The first kappa shape index (κ1) is 22.1. The zero-order valence-electron chi connectivity index (χ0n) is 16.5. The van der Waals surface area contributed by atoms with Crippen molar-refractivity contribution in [2.75, 3.05) is 4.90 Å². The number of ether oxygens (including phenoxy) is 1. The molecular formula is C24H16F3NO2S2. The first-order chi connectivity index (χ1) is 15.3. The lowest BCUT2D eigenvalue weighted by atomic mass is 10.1. The summed E-state index contributed by atoms with van der Waals surface area (Å²) in [6, 6.07) is 21.5. The number of anilines is 1. The summed E-state index contributed by atoms with van der Waals surface area (Å²) in [7, 11) is 0. The van der Waals surface area contributed by atoms with Crippen LogP contribution >= 0.6 is 24.0 Å². The molecule has 0 aliphatic carbocycles. The Morgan fingerprint density at radius 1 is 0.969 bits per heavy atom. The van der Waals surface area contributed by atoms with E-state index in [9.17, 15) is 18.0 Å². The minimum atomic E-state index is -4.51. The lowest BCUT2D eigenvalue weighted by Crippen LogP contribution is -2.27. The van der Waals surface area contributed by atoms with Gasteiger partial charge in [0, 0.05) is 5.56 Å². The lowest BCUT2D eigenvalue weighted by molar-refractivity contribution is -0.137. The van der Waals surface area contributed by atoms with Crippen molar-refractivity contribution in [2.24, 2.45) is 0 Å². The predicted octanol–water partition coefficient (Wildman–Crippen LogP) is 6.69. The van der Waals surface area contributed by atoms with Crippen LogP contribution in [0.5, 0.6) is 5.75 Å². The number of alkyl halides is 3. The second-order valence-electron chi connectivity index (χ2n) is 6.88. The molecule has 0 spiro atoms. The van der Waals surface area contributed by atoms with Crippen molar-refractivity contribution in [1.29, 1.82) is 0 Å². The highest BCUT2D eigenvalue weighted by Gasteiger charge is 2.36. The Hall–Kier alpha value is -3.10. The third kappa shape index (κ3) is 4.87. The van der Waals surface area contributed by atoms with Gasteiger partial charge in [-0.3, -0.25) is 9.69 Å². The molecule has 32 heavy (non-hydrogen) atoms. The minimum Gasteiger partial charge on any atom is -0.488 e. The summed E-state index contributed by atoms with van der Waals surface area (Å²) < 4.78 is 45.4. The van der Waals surface area contributed by atoms with Crippen LogP contribution in [0.2, 0.25) is 0 Å². The van der Waals surface area contributed by atoms with Gasteiger partial charge in [-0.25, -0.2) is 0 Å². The van der Waals surface area contributed by atoms with Gasteiger partial charge >= 0.3 is 6.18 Å². The lowest BCUT2D eigenvalue weighted by Gasteiger charge is -2.16. The maximum absolute atomic E-state index is 13.1. The Morgan fingerprint density at radius 3 is 2.44 bits per heavy atom. The van der Waals surface area contributed by atoms with Crippen LogP contribution in [-0.2, 0) is 17.6 Å². The molecule has 0 bridgehead atoms. The molecule has 3 aromatic rings. The van der Waals surface area contributed by atoms with Crippen molar-refractivity contribution in [3.05, 3.63) is 100 Å². The molecule has 1 aliphatic rings. The summed E-state index contributed by atoms with van der Waals surface area (Å²) in [6.45, 7) is 0.358. The first-order valence-corrected chi connectivity index (χ1v) is 10.8. The van der Waals surface area contributed by atoms with E-state index in [1.54, 1.807) is 18.2 Å². The third-order valence-electron chi connectivity index (χ3n) is 4.67. The molecule has 162 valence electrons. The normalized spacial score (nSPS) is 15.5. The first-order valence-electron chi connectivity index (χ1n) is 9.54. The number of hydrogen-bond donors (Lipinski definition) is 0. The fourth-order valence-corrected chi connectivity index (χ4v) is 4.41. The van der Waals surface area contributed by atoms with Gasteiger partial charge < -0.3 is 4.74 Å². The number of rotatable bonds is 5. The topological polar surface area (TPSA) is 29.5 Å². The monoisotopic (exact) mass is 471 g/mol. The summed E-state index contributed by atoms with van der Waals surface area (Å²) >= 11 is 6.33. The molecule has 0 N–H and O–H groups in total. The number of carbonyl (C=O) groups is 1. The van der Waals surface area contributed by atoms with E-state index in [1.165, 1.54) is 12.1 Å². The number of thiocarbonyl (C=S) groups is 1. The van der Waals surface area contributed by atoms with Gasteiger partial charge in [0.25, 0.3) is 5.91 Å². The number of hydrogen-bond acceptors (Lipinski definition) is 4. The highest BCUT2D eigenvalue weighted by atomic mass is 32.2. The average Bonchev–Trinajstić information content (AvgIpc) is 3.06. The van der Waals surface area contributed by atoms with Crippen LogP contribution in [0.15, 0.2) is 83.8 Å². The Morgan fingerprint density at radius 2 is 1.69 bits per heavy atom. The van der Waals surface area contributed by atoms with E-state index in [0.29, 0.717) is 22.8 Å². The van der Waals surface area contributed by atoms with Gasteiger partial charge in [-0.15, -0.1) is 0 Å². The van der Waals surface area contributed by atoms with E-state index >= 15 is 0 Å². The van der Waals surface area contributed by atoms with E-state index in [-0.39, 0.29) is 10.0 Å². The number of para-hydroxylation sites is 1. The van der Waals surface area contributed by atoms with Crippen LogP contribution in [-0.4, -0.2) is 10.2 Å². The molecule has 0 radical (unpaired) electrons. The largest absolute Gasteiger partial charge is 0.488 e. The molecule has 0 aromatic heterocycles. The standard InChI is InChI=1S/C24H16F3NO2S2/c25-24(26,27)18-10-6-11-19(14-18)28-22(29)21(32-23(28)31)13-17-9-4-5-12-20(17)30-15-16-7-2-1-3-8-16/h1-14H,15H2/b21-13+. The maximum Gasteiger partial charge on any atom is 0.416 e. The SMILES string of the molecule is O=C1/C(=C\c2ccccc2OCc2ccccc2)SC(=S)N1c1cccc(C(F)(F)F)c1. The van der Waals surface area contributed by atoms with Crippen molar-refractivity contribution >= 4 is 46.0 Å². The van der Waals surface area contributed by atoms with Gasteiger partial charge in [0.2, 0.25) is 0 Å². The second kappa shape index (κ2) is 9.18.